The highest BCUT2D eigenvalue weighted by atomic mass is 16.5. The molecule has 0 amide bonds. The molecule has 0 radical (unpaired) electrons. The maximum absolute atomic E-state index is 5.69. The average Bonchev–Trinajstić information content (AvgIpc) is 2.67. The van der Waals surface area contributed by atoms with E-state index in [-0.39, 0.29) is 0 Å². The van der Waals surface area contributed by atoms with E-state index in [9.17, 15) is 0 Å². The van der Waals surface area contributed by atoms with Crippen LogP contribution in [0.5, 0.6) is 0 Å². The second-order valence-corrected chi connectivity index (χ2v) is 6.40. The van der Waals surface area contributed by atoms with Gasteiger partial charge in [-0.15, -0.1) is 0 Å². The Morgan fingerprint density at radius 3 is 1.63 bits per heavy atom. The van der Waals surface area contributed by atoms with Gasteiger partial charge in [-0.1, -0.05) is 0 Å². The van der Waals surface area contributed by atoms with Crippen LogP contribution < -0.4 is 0 Å². The quantitative estimate of drug-likeness (QED) is 0.576. The summed E-state index contributed by atoms with van der Waals surface area (Å²) in [5, 5.41) is 0. The summed E-state index contributed by atoms with van der Waals surface area (Å²) in [5.41, 5.74) is 0. The van der Waals surface area contributed by atoms with Crippen molar-refractivity contribution < 1.29 is 28.4 Å². The number of ether oxygens (including phenoxy) is 6. The van der Waals surface area contributed by atoms with E-state index in [4.69, 9.17) is 28.4 Å². The summed E-state index contributed by atoms with van der Waals surface area (Å²) in [6.45, 7) is 14.4. The lowest BCUT2D eigenvalue weighted by Crippen LogP contribution is -2.34. The van der Waals surface area contributed by atoms with Crippen molar-refractivity contribution >= 4 is 0 Å². The molecule has 0 spiro atoms. The minimum atomic E-state index is 0.627. The van der Waals surface area contributed by atoms with Gasteiger partial charge in [0.2, 0.25) is 0 Å². The Morgan fingerprint density at radius 1 is 0.630 bits per heavy atom. The monoisotopic (exact) mass is 392 g/mol. The largest absolute Gasteiger partial charge is 0.379 e. The normalized spacial score (nSPS) is 21.6. The van der Waals surface area contributed by atoms with Gasteiger partial charge in [-0.25, -0.2) is 0 Å². The van der Waals surface area contributed by atoms with Crippen LogP contribution >= 0.6 is 0 Å². The van der Waals surface area contributed by atoms with Gasteiger partial charge in [-0.05, 0) is 14.0 Å². The first kappa shape index (κ1) is 24.7. The molecule has 8 heteroatoms. The summed E-state index contributed by atoms with van der Waals surface area (Å²) >= 11 is 0. The molecular formula is C19H40N2O6. The molecule has 162 valence electrons. The molecule has 1 heterocycles. The molecule has 1 aliphatic heterocycles. The Labute approximate surface area is 165 Å². The van der Waals surface area contributed by atoms with Gasteiger partial charge in [0.15, 0.2) is 0 Å². The molecule has 1 saturated heterocycles. The van der Waals surface area contributed by atoms with Crippen molar-refractivity contribution in [2.24, 2.45) is 0 Å². The molecule has 0 aromatic rings. The van der Waals surface area contributed by atoms with Crippen LogP contribution in [0.2, 0.25) is 0 Å². The third kappa shape index (κ3) is 16.3. The summed E-state index contributed by atoms with van der Waals surface area (Å²) < 4.78 is 33.5. The zero-order valence-electron chi connectivity index (χ0n) is 17.4. The highest BCUT2D eigenvalue weighted by molar-refractivity contribution is 4.57. The molecule has 27 heavy (non-hydrogen) atoms. The van der Waals surface area contributed by atoms with Gasteiger partial charge in [-0.2, -0.15) is 0 Å². The fraction of sp³-hybridized carbons (Fsp3) is 1.00. The van der Waals surface area contributed by atoms with Gasteiger partial charge in [-0.3, -0.25) is 4.90 Å². The Kier molecular flexibility index (Phi) is 17.4. The van der Waals surface area contributed by atoms with Crippen molar-refractivity contribution in [3.63, 3.8) is 0 Å². The topological polar surface area (TPSA) is 61.9 Å². The lowest BCUT2D eigenvalue weighted by atomic mass is 10.4. The first-order chi connectivity index (χ1) is 13.3. The zero-order chi connectivity index (χ0) is 19.4. The van der Waals surface area contributed by atoms with Crippen molar-refractivity contribution in [1.29, 1.82) is 0 Å². The number of rotatable bonds is 7. The standard InChI is InChI=1S/C19H40N2O6/c1-3-22-14-15-25-11-6-21-7-12-26-18-16-23-9-4-20(2)5-10-24-17-19-27-13-8-21/h3-19H2,1-2H3. The molecule has 0 aliphatic carbocycles. The first-order valence-corrected chi connectivity index (χ1v) is 10.2. The summed E-state index contributed by atoms with van der Waals surface area (Å²) in [6, 6.07) is 0. The molecule has 0 saturated carbocycles. The Balaban J connectivity index is 2.22. The summed E-state index contributed by atoms with van der Waals surface area (Å²) in [5.74, 6) is 0. The smallest absolute Gasteiger partial charge is 0.0701 e. The molecule has 1 fully saturated rings. The van der Waals surface area contributed by atoms with E-state index in [1.165, 1.54) is 0 Å². The molecule has 0 atom stereocenters. The van der Waals surface area contributed by atoms with Crippen LogP contribution in [0.25, 0.3) is 0 Å². The predicted octanol–water partition coefficient (Wildman–Crippen LogP) is 0.353. The van der Waals surface area contributed by atoms with Crippen molar-refractivity contribution in [3.05, 3.63) is 0 Å². The number of hydrogen-bond donors (Lipinski definition) is 0. The predicted molar refractivity (Wildman–Crippen MR) is 105 cm³/mol. The molecule has 0 aromatic carbocycles. The van der Waals surface area contributed by atoms with Crippen molar-refractivity contribution in [1.82, 2.24) is 9.80 Å². The van der Waals surface area contributed by atoms with Crippen LogP contribution in [-0.2, 0) is 28.4 Å². The maximum atomic E-state index is 5.69. The highest BCUT2D eigenvalue weighted by Crippen LogP contribution is 1.93. The van der Waals surface area contributed by atoms with Crippen molar-refractivity contribution in [2.75, 3.05) is 119 Å². The summed E-state index contributed by atoms with van der Waals surface area (Å²) in [4.78, 5) is 4.51. The molecule has 0 bridgehead atoms. The van der Waals surface area contributed by atoms with Crippen LogP contribution in [0.15, 0.2) is 0 Å². The molecule has 0 N–H and O–H groups in total. The van der Waals surface area contributed by atoms with Crippen LogP contribution in [0.1, 0.15) is 6.92 Å². The zero-order valence-corrected chi connectivity index (χ0v) is 17.4. The van der Waals surface area contributed by atoms with Gasteiger partial charge in [0, 0.05) is 39.3 Å². The Hall–Kier alpha value is -0.320. The highest BCUT2D eigenvalue weighted by Gasteiger charge is 2.06. The van der Waals surface area contributed by atoms with Crippen LogP contribution in [-0.4, -0.2) is 129 Å². The Bertz CT molecular complexity index is 292. The lowest BCUT2D eigenvalue weighted by molar-refractivity contribution is 0.00317. The first-order valence-electron chi connectivity index (χ1n) is 10.2. The minimum absolute atomic E-state index is 0.627. The molecule has 0 unspecified atom stereocenters. The summed E-state index contributed by atoms with van der Waals surface area (Å²) in [7, 11) is 2.08. The van der Waals surface area contributed by atoms with E-state index in [0.29, 0.717) is 72.7 Å². The molecule has 1 rings (SSSR count). The third-order valence-electron chi connectivity index (χ3n) is 4.21. The van der Waals surface area contributed by atoms with Gasteiger partial charge in [0.1, 0.15) is 0 Å². The van der Waals surface area contributed by atoms with Gasteiger partial charge >= 0.3 is 0 Å². The van der Waals surface area contributed by atoms with Crippen molar-refractivity contribution in [2.45, 2.75) is 6.92 Å². The molecule has 0 aromatic heterocycles. The van der Waals surface area contributed by atoms with Crippen LogP contribution in [0, 0.1) is 0 Å². The fourth-order valence-corrected chi connectivity index (χ4v) is 2.48. The molecule has 1 aliphatic rings. The van der Waals surface area contributed by atoms with E-state index in [1.54, 1.807) is 0 Å². The second-order valence-electron chi connectivity index (χ2n) is 6.40. The van der Waals surface area contributed by atoms with E-state index >= 15 is 0 Å². The number of likely N-dealkylation sites (N-methyl/N-ethyl adjacent to an activating group) is 1. The van der Waals surface area contributed by atoms with Gasteiger partial charge < -0.3 is 33.3 Å². The minimum Gasteiger partial charge on any atom is -0.379 e. The van der Waals surface area contributed by atoms with E-state index in [1.807, 2.05) is 6.92 Å². The van der Waals surface area contributed by atoms with E-state index in [0.717, 1.165) is 39.3 Å². The number of nitrogens with zero attached hydrogens (tertiary/aromatic N) is 2. The van der Waals surface area contributed by atoms with Gasteiger partial charge in [0.25, 0.3) is 0 Å². The van der Waals surface area contributed by atoms with E-state index < -0.39 is 0 Å². The van der Waals surface area contributed by atoms with Crippen LogP contribution in [0.4, 0.5) is 0 Å². The average molecular weight is 393 g/mol. The van der Waals surface area contributed by atoms with Crippen LogP contribution in [0.3, 0.4) is 0 Å². The van der Waals surface area contributed by atoms with E-state index in [2.05, 4.69) is 16.8 Å². The second kappa shape index (κ2) is 19.0. The summed E-state index contributed by atoms with van der Waals surface area (Å²) in [6.07, 6.45) is 0. The SMILES string of the molecule is CCOCCOCCN1CCOCCOCCN(C)CCOCCOCC1. The Morgan fingerprint density at radius 2 is 1.11 bits per heavy atom. The maximum Gasteiger partial charge on any atom is 0.0701 e. The number of hydrogen-bond acceptors (Lipinski definition) is 8. The lowest BCUT2D eigenvalue weighted by Gasteiger charge is -2.22. The molecule has 8 nitrogen and oxygen atoms in total. The molecular weight excluding hydrogens is 352 g/mol. The third-order valence-corrected chi connectivity index (χ3v) is 4.21. The van der Waals surface area contributed by atoms with Gasteiger partial charge in [0.05, 0.1) is 72.7 Å². The van der Waals surface area contributed by atoms with Crippen molar-refractivity contribution in [3.8, 4) is 0 Å². The fourth-order valence-electron chi connectivity index (χ4n) is 2.48.